The van der Waals surface area contributed by atoms with Crippen molar-refractivity contribution in [2.75, 3.05) is 23.8 Å². The third-order valence-corrected chi connectivity index (χ3v) is 7.00. The molecule has 5 rings (SSSR count). The Hall–Kier alpha value is -3.77. The minimum atomic E-state index is 0.188. The van der Waals surface area contributed by atoms with Crippen LogP contribution >= 0.6 is 11.3 Å². The number of pyridine rings is 1. The van der Waals surface area contributed by atoms with E-state index in [0.717, 1.165) is 55.4 Å². The number of aryl methyl sites for hydroxylation is 2. The third kappa shape index (κ3) is 4.37. The Balaban J connectivity index is 1.58. The van der Waals surface area contributed by atoms with Crippen molar-refractivity contribution in [2.45, 2.75) is 46.6 Å². The molecule has 4 aromatic rings. The Morgan fingerprint density at radius 2 is 2.00 bits per heavy atom. The van der Waals surface area contributed by atoms with E-state index in [9.17, 15) is 5.26 Å². The molecule has 0 bridgehead atoms. The van der Waals surface area contributed by atoms with Crippen molar-refractivity contribution in [3.8, 4) is 22.9 Å². The molecule has 0 amide bonds. The number of fused-ring (bicyclic) bond motifs is 2. The smallest absolute Gasteiger partial charge is 0.182 e. The molecule has 0 radical (unpaired) electrons. The van der Waals surface area contributed by atoms with Crippen LogP contribution in [0.25, 0.3) is 21.5 Å². The first-order valence-corrected chi connectivity index (χ1v) is 12.4. The number of thiazole rings is 1. The lowest BCUT2D eigenvalue weighted by atomic mass is 9.99. The molecule has 1 aliphatic rings. The maximum atomic E-state index is 9.22. The highest BCUT2D eigenvalue weighted by Gasteiger charge is 2.24. The number of benzene rings is 1. The predicted octanol–water partition coefficient (Wildman–Crippen LogP) is 4.94. The average molecular weight is 486 g/mol. The first-order valence-electron chi connectivity index (χ1n) is 11.6. The lowest BCUT2D eigenvalue weighted by molar-refractivity contribution is 0.329. The maximum Gasteiger partial charge on any atom is 0.182 e. The van der Waals surface area contributed by atoms with Crippen LogP contribution in [0.3, 0.4) is 0 Å². The van der Waals surface area contributed by atoms with E-state index in [0.29, 0.717) is 30.7 Å². The number of anilines is 2. The lowest BCUT2D eigenvalue weighted by Crippen LogP contribution is -2.28. The molecule has 0 aliphatic carbocycles. The van der Waals surface area contributed by atoms with E-state index in [4.69, 9.17) is 15.5 Å². The molecule has 0 fully saturated rings. The van der Waals surface area contributed by atoms with Crippen LogP contribution in [0.2, 0.25) is 0 Å². The van der Waals surface area contributed by atoms with Gasteiger partial charge in [0.15, 0.2) is 5.13 Å². The van der Waals surface area contributed by atoms with E-state index >= 15 is 0 Å². The zero-order valence-corrected chi connectivity index (χ0v) is 21.1. The van der Waals surface area contributed by atoms with Crippen LogP contribution < -0.4 is 15.4 Å². The third-order valence-electron chi connectivity index (χ3n) is 6.19. The highest BCUT2D eigenvalue weighted by Crippen LogP contribution is 2.36. The molecule has 0 atom stereocenters. The fourth-order valence-electron chi connectivity index (χ4n) is 4.75. The fraction of sp³-hybridized carbons (Fsp3) is 0.346. The second-order valence-corrected chi connectivity index (χ2v) is 10.1. The molecule has 3 aromatic heterocycles. The van der Waals surface area contributed by atoms with Gasteiger partial charge in [-0.15, -0.1) is 0 Å². The summed E-state index contributed by atoms with van der Waals surface area (Å²) in [5.41, 5.74) is 12.9. The molecule has 0 saturated carbocycles. The molecule has 8 nitrogen and oxygen atoms in total. The zero-order valence-electron chi connectivity index (χ0n) is 20.3. The van der Waals surface area contributed by atoms with Gasteiger partial charge in [-0.25, -0.2) is 19.9 Å². The van der Waals surface area contributed by atoms with Crippen molar-refractivity contribution < 1.29 is 4.74 Å². The molecule has 0 spiro atoms. The van der Waals surface area contributed by atoms with Crippen LogP contribution in [0.5, 0.6) is 5.75 Å². The molecule has 0 saturated heterocycles. The second kappa shape index (κ2) is 9.12. The molecule has 1 aliphatic heterocycles. The molecule has 4 heterocycles. The molecule has 9 heteroatoms. The van der Waals surface area contributed by atoms with Gasteiger partial charge in [0.25, 0.3) is 0 Å². The van der Waals surface area contributed by atoms with Gasteiger partial charge in [0.1, 0.15) is 34.3 Å². The normalized spacial score (nSPS) is 13.4. The Morgan fingerprint density at radius 3 is 2.77 bits per heavy atom. The summed E-state index contributed by atoms with van der Waals surface area (Å²) in [5, 5.41) is 9.74. The number of ether oxygens (including phenoxy) is 1. The van der Waals surface area contributed by atoms with Crippen molar-refractivity contribution in [2.24, 2.45) is 0 Å². The van der Waals surface area contributed by atoms with Gasteiger partial charge < -0.3 is 15.4 Å². The molecule has 35 heavy (non-hydrogen) atoms. The molecule has 178 valence electrons. The lowest BCUT2D eigenvalue weighted by Gasteiger charge is -2.26. The van der Waals surface area contributed by atoms with Crippen LogP contribution in [-0.2, 0) is 13.0 Å². The van der Waals surface area contributed by atoms with E-state index in [1.807, 2.05) is 19.2 Å². The van der Waals surface area contributed by atoms with Crippen LogP contribution in [0, 0.1) is 25.2 Å². The van der Waals surface area contributed by atoms with Gasteiger partial charge in [0.05, 0.1) is 19.0 Å². The molecular formula is C26H27N7OS. The van der Waals surface area contributed by atoms with Gasteiger partial charge in [-0.1, -0.05) is 25.2 Å². The van der Waals surface area contributed by atoms with Gasteiger partial charge in [-0.05, 0) is 49.1 Å². The number of nitrogens with two attached hydrogens (primary N) is 1. The summed E-state index contributed by atoms with van der Waals surface area (Å²) in [7, 11) is 0. The predicted molar refractivity (Wildman–Crippen MR) is 139 cm³/mol. The summed E-state index contributed by atoms with van der Waals surface area (Å²) in [6.45, 7) is 10.3. The number of rotatable bonds is 4. The number of aromatic nitrogens is 4. The average Bonchev–Trinajstić information content (AvgIpc) is 3.03. The van der Waals surface area contributed by atoms with Gasteiger partial charge >= 0.3 is 0 Å². The number of hydrogen-bond acceptors (Lipinski definition) is 9. The molecule has 0 unspecified atom stereocenters. The number of nitrogen functional groups attached to an aromatic ring is 1. The van der Waals surface area contributed by atoms with Crippen LogP contribution in [-0.4, -0.2) is 33.1 Å². The fourth-order valence-corrected chi connectivity index (χ4v) is 5.41. The highest BCUT2D eigenvalue weighted by atomic mass is 32.1. The van der Waals surface area contributed by atoms with Crippen molar-refractivity contribution in [1.82, 2.24) is 19.9 Å². The quantitative estimate of drug-likeness (QED) is 0.432. The zero-order chi connectivity index (χ0) is 24.7. The van der Waals surface area contributed by atoms with Crippen LogP contribution in [0.1, 0.15) is 48.0 Å². The topological polar surface area (TPSA) is 114 Å². The highest BCUT2D eigenvalue weighted by molar-refractivity contribution is 7.21. The van der Waals surface area contributed by atoms with E-state index in [-0.39, 0.29) is 12.3 Å². The minimum absolute atomic E-state index is 0.188. The van der Waals surface area contributed by atoms with Crippen LogP contribution in [0.4, 0.5) is 10.9 Å². The summed E-state index contributed by atoms with van der Waals surface area (Å²) in [6.07, 6.45) is 2.06. The van der Waals surface area contributed by atoms with Gasteiger partial charge in [-0.2, -0.15) is 5.26 Å². The minimum Gasteiger partial charge on any atom is -0.491 e. The van der Waals surface area contributed by atoms with E-state index in [1.165, 1.54) is 11.3 Å². The van der Waals surface area contributed by atoms with Crippen LogP contribution in [0.15, 0.2) is 24.4 Å². The van der Waals surface area contributed by atoms with Crippen molar-refractivity contribution in [1.29, 1.82) is 5.26 Å². The molecular weight excluding hydrogens is 458 g/mol. The van der Waals surface area contributed by atoms with E-state index in [1.54, 1.807) is 0 Å². The first-order chi connectivity index (χ1) is 16.8. The van der Waals surface area contributed by atoms with Crippen molar-refractivity contribution >= 4 is 32.6 Å². The van der Waals surface area contributed by atoms with Gasteiger partial charge in [0.2, 0.25) is 0 Å². The summed E-state index contributed by atoms with van der Waals surface area (Å²) in [6, 6.07) is 8.51. The summed E-state index contributed by atoms with van der Waals surface area (Å²) < 4.78 is 6.22. The monoisotopic (exact) mass is 485 g/mol. The van der Waals surface area contributed by atoms with E-state index < -0.39 is 0 Å². The second-order valence-electron chi connectivity index (χ2n) is 9.10. The number of nitrogens with zero attached hydrogens (tertiary/aromatic N) is 6. The van der Waals surface area contributed by atoms with Crippen molar-refractivity contribution in [3.05, 3.63) is 52.6 Å². The Labute approximate surface area is 208 Å². The summed E-state index contributed by atoms with van der Waals surface area (Å²) >= 11 is 1.39. The molecule has 2 N–H and O–H groups in total. The molecule has 1 aromatic carbocycles. The van der Waals surface area contributed by atoms with Crippen molar-refractivity contribution in [3.63, 3.8) is 0 Å². The van der Waals surface area contributed by atoms with Gasteiger partial charge in [-0.3, -0.25) is 0 Å². The standard InChI is InChI=1S/C26H27N7OS/c1-14(2)22-16(4)30-21(5-6-27)32-24(22)33-7-8-34-23-15(3)9-17(10-19(23)13-33)18-11-20-25(29-12-18)35-26(28)31-20/h9-12,14H,5,7-8,13H2,1-4H3,(H2,28,31). The number of nitriles is 1. The maximum absolute atomic E-state index is 9.22. The SMILES string of the molecule is Cc1cc(-c2cnc3sc(N)nc3c2)cc2c1OCCN(c1nc(CC#N)nc(C)c1C(C)C)C2. The Kier molecular flexibility index (Phi) is 5.99. The summed E-state index contributed by atoms with van der Waals surface area (Å²) in [4.78, 5) is 21.5. The first kappa shape index (κ1) is 23.0. The number of hydrogen-bond donors (Lipinski definition) is 1. The van der Waals surface area contributed by atoms with E-state index in [2.05, 4.69) is 58.8 Å². The summed E-state index contributed by atoms with van der Waals surface area (Å²) in [5.74, 6) is 2.61. The Bertz CT molecular complexity index is 1470. The largest absolute Gasteiger partial charge is 0.491 e. The Morgan fingerprint density at radius 1 is 1.17 bits per heavy atom. The van der Waals surface area contributed by atoms with Gasteiger partial charge in [0, 0.05) is 35.1 Å².